The molecule has 69 heavy (non-hydrogen) atoms. The summed E-state index contributed by atoms with van der Waals surface area (Å²) in [6.07, 6.45) is 77.6. The van der Waals surface area contributed by atoms with E-state index >= 15 is 0 Å². The Labute approximate surface area is 424 Å². The third-order valence-electron chi connectivity index (χ3n) is 11.4. The third kappa shape index (κ3) is 54.6. The zero-order valence-corrected chi connectivity index (χ0v) is 44.5. The van der Waals surface area contributed by atoms with Gasteiger partial charge in [-0.2, -0.15) is 0 Å². The first-order chi connectivity index (χ1) is 34.0. The number of rotatable bonds is 49. The standard InChI is InChI=1S/C63H102O6/c1-4-7-10-13-16-19-22-25-28-31-34-37-40-43-46-49-52-55-61(64)67-58-60(69-63(66)57-54-51-48-45-42-39-36-33-30-27-24-21-18-15-12-9-6-3)59-68-62(65)56-53-50-47-44-41-38-35-32-29-26-23-20-17-14-11-8-5-2/h7,9-10,12,16,18-19,21,25-30,34,36-37,39,45,48,60H,4-6,8,11,13-15,17,20,22-24,31-33,35,38,40-44,46-47,49-59H2,1-3H3/b10-7-,12-9-,19-16-,21-18-,28-25-,29-26-,30-27-,37-34-,39-36-,48-45-/t60-/m1/s1. The van der Waals surface area contributed by atoms with E-state index in [4.69, 9.17) is 14.2 Å². The fourth-order valence-corrected chi connectivity index (χ4v) is 7.29. The molecule has 0 saturated carbocycles. The molecular weight excluding hydrogens is 853 g/mol. The van der Waals surface area contributed by atoms with E-state index in [9.17, 15) is 14.4 Å². The van der Waals surface area contributed by atoms with Gasteiger partial charge in [0.2, 0.25) is 0 Å². The minimum atomic E-state index is -0.824. The summed E-state index contributed by atoms with van der Waals surface area (Å²) < 4.78 is 16.8. The second kappa shape index (κ2) is 56.4. The Bertz CT molecular complexity index is 1470. The Kier molecular flexibility index (Phi) is 53.0. The molecule has 0 bridgehead atoms. The predicted octanol–water partition coefficient (Wildman–Crippen LogP) is 18.9. The van der Waals surface area contributed by atoms with E-state index in [0.717, 1.165) is 116 Å². The summed E-state index contributed by atoms with van der Waals surface area (Å²) in [5.41, 5.74) is 0. The molecule has 0 N–H and O–H groups in total. The number of esters is 3. The van der Waals surface area contributed by atoms with Gasteiger partial charge in [-0.1, -0.05) is 219 Å². The maximum Gasteiger partial charge on any atom is 0.306 e. The second-order valence-corrected chi connectivity index (χ2v) is 18.1. The molecule has 0 amide bonds. The highest BCUT2D eigenvalue weighted by Gasteiger charge is 2.19. The van der Waals surface area contributed by atoms with E-state index in [1.54, 1.807) is 0 Å². The number of hydrogen-bond acceptors (Lipinski definition) is 6. The van der Waals surface area contributed by atoms with Crippen LogP contribution < -0.4 is 0 Å². The smallest absolute Gasteiger partial charge is 0.306 e. The van der Waals surface area contributed by atoms with Crippen molar-refractivity contribution in [3.05, 3.63) is 122 Å². The summed E-state index contributed by atoms with van der Waals surface area (Å²) in [4.78, 5) is 38.1. The highest BCUT2D eigenvalue weighted by Crippen LogP contribution is 2.13. The summed E-state index contributed by atoms with van der Waals surface area (Å²) >= 11 is 0. The lowest BCUT2D eigenvalue weighted by atomic mass is 10.1. The molecule has 0 spiro atoms. The van der Waals surface area contributed by atoms with Gasteiger partial charge in [0.1, 0.15) is 13.2 Å². The maximum absolute atomic E-state index is 12.8. The zero-order chi connectivity index (χ0) is 50.0. The van der Waals surface area contributed by atoms with Crippen LogP contribution in [-0.4, -0.2) is 37.2 Å². The van der Waals surface area contributed by atoms with Crippen molar-refractivity contribution in [1.82, 2.24) is 0 Å². The van der Waals surface area contributed by atoms with Crippen LogP contribution in [0.2, 0.25) is 0 Å². The molecule has 0 aromatic carbocycles. The molecule has 0 radical (unpaired) electrons. The van der Waals surface area contributed by atoms with Gasteiger partial charge in [0, 0.05) is 19.3 Å². The molecule has 0 aliphatic heterocycles. The van der Waals surface area contributed by atoms with E-state index in [2.05, 4.69) is 142 Å². The Morgan fingerprint density at radius 1 is 0.304 bits per heavy atom. The molecule has 6 heteroatoms. The van der Waals surface area contributed by atoms with Crippen molar-refractivity contribution in [3.8, 4) is 0 Å². The molecule has 0 aromatic rings. The van der Waals surface area contributed by atoms with Crippen molar-refractivity contribution in [3.63, 3.8) is 0 Å². The monoisotopic (exact) mass is 955 g/mol. The van der Waals surface area contributed by atoms with E-state index in [1.165, 1.54) is 77.0 Å². The SMILES string of the molecule is CC/C=C\C/C=C\C/C=C\C/C=C\C/C=C\CCCC(=O)O[C@H](COC(=O)CCCCCC/C=C\C/C=C\C/C=C\C/C=C\CC)COC(=O)CCCCCCCCC/C=C\CCCCCCCC. The van der Waals surface area contributed by atoms with Crippen LogP contribution in [0.3, 0.4) is 0 Å². The minimum absolute atomic E-state index is 0.114. The highest BCUT2D eigenvalue weighted by molar-refractivity contribution is 5.71. The van der Waals surface area contributed by atoms with Crippen LogP contribution in [0.1, 0.15) is 239 Å². The lowest BCUT2D eigenvalue weighted by molar-refractivity contribution is -0.167. The largest absolute Gasteiger partial charge is 0.462 e. The third-order valence-corrected chi connectivity index (χ3v) is 11.4. The predicted molar refractivity (Wildman–Crippen MR) is 297 cm³/mol. The van der Waals surface area contributed by atoms with Crippen molar-refractivity contribution in [1.29, 1.82) is 0 Å². The molecular formula is C63H102O6. The lowest BCUT2D eigenvalue weighted by Crippen LogP contribution is -2.30. The lowest BCUT2D eigenvalue weighted by Gasteiger charge is -2.18. The second-order valence-electron chi connectivity index (χ2n) is 18.1. The average Bonchev–Trinajstić information content (AvgIpc) is 3.35. The molecule has 0 fully saturated rings. The molecule has 390 valence electrons. The van der Waals surface area contributed by atoms with Crippen LogP contribution in [0.4, 0.5) is 0 Å². The number of carbonyl (C=O) groups excluding carboxylic acids is 3. The quantitative estimate of drug-likeness (QED) is 0.0262. The Morgan fingerprint density at radius 2 is 0.580 bits per heavy atom. The number of unbranched alkanes of at least 4 members (excludes halogenated alkanes) is 18. The van der Waals surface area contributed by atoms with Gasteiger partial charge in [0.25, 0.3) is 0 Å². The van der Waals surface area contributed by atoms with Crippen molar-refractivity contribution in [2.45, 2.75) is 245 Å². The first-order valence-corrected chi connectivity index (χ1v) is 28.0. The van der Waals surface area contributed by atoms with Crippen LogP contribution in [-0.2, 0) is 28.6 Å². The minimum Gasteiger partial charge on any atom is -0.462 e. The van der Waals surface area contributed by atoms with Crippen LogP contribution in [0.25, 0.3) is 0 Å². The fraction of sp³-hybridized carbons (Fsp3) is 0.635. The number of carbonyl (C=O) groups is 3. The van der Waals surface area contributed by atoms with Gasteiger partial charge in [0.15, 0.2) is 6.10 Å². The van der Waals surface area contributed by atoms with Crippen molar-refractivity contribution < 1.29 is 28.6 Å². The van der Waals surface area contributed by atoms with Gasteiger partial charge in [0.05, 0.1) is 0 Å². The Balaban J connectivity index is 4.54. The number of allylic oxidation sites excluding steroid dienone is 20. The highest BCUT2D eigenvalue weighted by atomic mass is 16.6. The molecule has 0 aliphatic rings. The van der Waals surface area contributed by atoms with E-state index in [0.29, 0.717) is 19.3 Å². The van der Waals surface area contributed by atoms with Gasteiger partial charge in [-0.15, -0.1) is 0 Å². The van der Waals surface area contributed by atoms with Gasteiger partial charge < -0.3 is 14.2 Å². The summed E-state index contributed by atoms with van der Waals surface area (Å²) in [6.45, 7) is 6.33. The molecule has 0 aromatic heterocycles. The molecule has 0 unspecified atom stereocenters. The molecule has 1 atom stereocenters. The van der Waals surface area contributed by atoms with Gasteiger partial charge in [-0.05, 0) is 122 Å². The first kappa shape index (κ1) is 64.8. The van der Waals surface area contributed by atoms with E-state index in [-0.39, 0.29) is 37.5 Å². The van der Waals surface area contributed by atoms with Crippen molar-refractivity contribution in [2.75, 3.05) is 13.2 Å². The van der Waals surface area contributed by atoms with Crippen molar-refractivity contribution >= 4 is 17.9 Å². The first-order valence-electron chi connectivity index (χ1n) is 28.0. The van der Waals surface area contributed by atoms with Crippen molar-refractivity contribution in [2.24, 2.45) is 0 Å². The topological polar surface area (TPSA) is 78.9 Å². The summed E-state index contributed by atoms with van der Waals surface area (Å²) in [6, 6.07) is 0. The van der Waals surface area contributed by atoms with E-state index < -0.39 is 6.10 Å². The normalized spacial score (nSPS) is 13.0. The zero-order valence-electron chi connectivity index (χ0n) is 44.5. The Hall–Kier alpha value is -4.19. The number of ether oxygens (including phenoxy) is 3. The molecule has 0 saturated heterocycles. The summed E-state index contributed by atoms with van der Waals surface area (Å²) in [5.74, 6) is -1.00. The van der Waals surface area contributed by atoms with Crippen LogP contribution in [0, 0.1) is 0 Å². The summed E-state index contributed by atoms with van der Waals surface area (Å²) in [7, 11) is 0. The van der Waals surface area contributed by atoms with Gasteiger partial charge >= 0.3 is 17.9 Å². The molecule has 0 heterocycles. The van der Waals surface area contributed by atoms with Gasteiger partial charge in [-0.3, -0.25) is 14.4 Å². The Morgan fingerprint density at radius 3 is 0.942 bits per heavy atom. The molecule has 6 nitrogen and oxygen atoms in total. The maximum atomic E-state index is 12.8. The van der Waals surface area contributed by atoms with Crippen LogP contribution in [0.15, 0.2) is 122 Å². The molecule has 0 aliphatic carbocycles. The average molecular weight is 956 g/mol. The van der Waals surface area contributed by atoms with Crippen LogP contribution in [0.5, 0.6) is 0 Å². The van der Waals surface area contributed by atoms with Crippen LogP contribution >= 0.6 is 0 Å². The summed E-state index contributed by atoms with van der Waals surface area (Å²) in [5, 5.41) is 0. The van der Waals surface area contributed by atoms with E-state index in [1.807, 2.05) is 0 Å². The fourth-order valence-electron chi connectivity index (χ4n) is 7.29. The number of hydrogen-bond donors (Lipinski definition) is 0. The molecule has 0 rings (SSSR count). The van der Waals surface area contributed by atoms with Gasteiger partial charge in [-0.25, -0.2) is 0 Å².